The number of nitrogens with zero attached hydrogens (tertiary/aromatic N) is 1. The number of thioether (sulfide) groups is 1. The molecule has 6 nitrogen and oxygen atoms in total. The molecule has 0 N–H and O–H groups in total. The van der Waals surface area contributed by atoms with E-state index >= 15 is 0 Å². The quantitative estimate of drug-likeness (QED) is 0.730. The van der Waals surface area contributed by atoms with Crippen molar-refractivity contribution in [2.24, 2.45) is 0 Å². The van der Waals surface area contributed by atoms with Crippen molar-refractivity contribution in [3.8, 4) is 17.2 Å². The molecule has 1 saturated heterocycles. The van der Waals surface area contributed by atoms with Crippen molar-refractivity contribution in [2.45, 2.75) is 26.3 Å². The van der Waals surface area contributed by atoms with Crippen LogP contribution >= 0.6 is 11.8 Å². The maximum absolute atomic E-state index is 12.6. The number of benzene rings is 1. The van der Waals surface area contributed by atoms with Gasteiger partial charge in [-0.1, -0.05) is 6.92 Å². The van der Waals surface area contributed by atoms with Crippen LogP contribution in [0.2, 0.25) is 0 Å². The van der Waals surface area contributed by atoms with Crippen LogP contribution in [0, 0.1) is 0 Å². The lowest BCUT2D eigenvalue weighted by Gasteiger charge is -2.19. The molecule has 1 aliphatic heterocycles. The van der Waals surface area contributed by atoms with E-state index in [1.54, 1.807) is 25.3 Å². The lowest BCUT2D eigenvalue weighted by atomic mass is 10.1. The van der Waals surface area contributed by atoms with Gasteiger partial charge in [0, 0.05) is 18.2 Å². The van der Waals surface area contributed by atoms with E-state index in [1.165, 1.54) is 19.1 Å². The standard InChI is InChI=1S/C17H21NO5S/c1-6-10(2)18-16(19)15(24-17(18)20)9-12-13(22-4)7-11(21-3)8-14(12)23-5/h7-10H,6H2,1-5H3/b15-9+/t10-/m1/s1. The Hall–Kier alpha value is -2.15. The van der Waals surface area contributed by atoms with Gasteiger partial charge >= 0.3 is 0 Å². The van der Waals surface area contributed by atoms with Gasteiger partial charge < -0.3 is 14.2 Å². The van der Waals surface area contributed by atoms with E-state index in [2.05, 4.69) is 0 Å². The van der Waals surface area contributed by atoms with Crippen LogP contribution in [-0.4, -0.2) is 43.4 Å². The molecule has 0 aromatic heterocycles. The van der Waals surface area contributed by atoms with Gasteiger partial charge in [-0.25, -0.2) is 0 Å². The SMILES string of the molecule is CC[C@@H](C)N1C(=O)S/C(=C/c2c(OC)cc(OC)cc2OC)C1=O. The molecule has 0 aliphatic carbocycles. The first-order valence-electron chi connectivity index (χ1n) is 7.53. The molecule has 7 heteroatoms. The Morgan fingerprint density at radius 2 is 1.71 bits per heavy atom. The summed E-state index contributed by atoms with van der Waals surface area (Å²) in [5.74, 6) is 1.29. The average Bonchev–Trinajstić information content (AvgIpc) is 2.87. The minimum absolute atomic E-state index is 0.136. The van der Waals surface area contributed by atoms with Crippen molar-refractivity contribution in [3.05, 3.63) is 22.6 Å². The molecule has 24 heavy (non-hydrogen) atoms. The zero-order valence-electron chi connectivity index (χ0n) is 14.4. The molecule has 1 aromatic rings. The number of hydrogen-bond donors (Lipinski definition) is 0. The maximum atomic E-state index is 12.6. The van der Waals surface area contributed by atoms with E-state index in [0.29, 0.717) is 34.1 Å². The van der Waals surface area contributed by atoms with Crippen LogP contribution in [0.25, 0.3) is 6.08 Å². The third kappa shape index (κ3) is 3.36. The third-order valence-corrected chi connectivity index (χ3v) is 4.77. The summed E-state index contributed by atoms with van der Waals surface area (Å²) in [6.45, 7) is 3.79. The highest BCUT2D eigenvalue weighted by atomic mass is 32.2. The highest BCUT2D eigenvalue weighted by Crippen LogP contribution is 2.40. The largest absolute Gasteiger partial charge is 0.496 e. The van der Waals surface area contributed by atoms with E-state index in [0.717, 1.165) is 11.8 Å². The van der Waals surface area contributed by atoms with E-state index in [4.69, 9.17) is 14.2 Å². The average molecular weight is 351 g/mol. The van der Waals surface area contributed by atoms with E-state index < -0.39 is 0 Å². The molecule has 1 atom stereocenters. The van der Waals surface area contributed by atoms with Crippen LogP contribution in [-0.2, 0) is 4.79 Å². The number of hydrogen-bond acceptors (Lipinski definition) is 6. The minimum Gasteiger partial charge on any atom is -0.496 e. The lowest BCUT2D eigenvalue weighted by Crippen LogP contribution is -2.36. The molecule has 1 fully saturated rings. The fourth-order valence-corrected chi connectivity index (χ4v) is 3.26. The number of methoxy groups -OCH3 is 3. The van der Waals surface area contributed by atoms with Gasteiger partial charge in [-0.05, 0) is 31.2 Å². The first-order valence-corrected chi connectivity index (χ1v) is 8.35. The molecule has 0 bridgehead atoms. The number of carbonyl (C=O) groups is 2. The fourth-order valence-electron chi connectivity index (χ4n) is 2.35. The number of carbonyl (C=O) groups excluding carboxylic acids is 2. The van der Waals surface area contributed by atoms with Crippen LogP contribution in [0.15, 0.2) is 17.0 Å². The minimum atomic E-state index is -0.292. The van der Waals surface area contributed by atoms with Crippen LogP contribution < -0.4 is 14.2 Å². The smallest absolute Gasteiger partial charge is 0.293 e. The summed E-state index contributed by atoms with van der Waals surface area (Å²) in [5, 5.41) is -0.257. The van der Waals surface area contributed by atoms with Gasteiger partial charge in [0.2, 0.25) is 0 Å². The summed E-state index contributed by atoms with van der Waals surface area (Å²) in [4.78, 5) is 26.3. The molecule has 0 radical (unpaired) electrons. The second-order valence-electron chi connectivity index (χ2n) is 5.25. The molecule has 0 unspecified atom stereocenters. The summed E-state index contributed by atoms with van der Waals surface area (Å²) in [6, 6.07) is 3.27. The highest BCUT2D eigenvalue weighted by molar-refractivity contribution is 8.18. The van der Waals surface area contributed by atoms with Crippen molar-refractivity contribution < 1.29 is 23.8 Å². The Morgan fingerprint density at radius 3 is 2.17 bits per heavy atom. The molecule has 1 aliphatic rings. The molecule has 1 aromatic carbocycles. The van der Waals surface area contributed by atoms with Crippen molar-refractivity contribution in [1.82, 2.24) is 4.90 Å². The maximum Gasteiger partial charge on any atom is 0.293 e. The predicted octanol–water partition coefficient (Wildman–Crippen LogP) is 3.55. The van der Waals surface area contributed by atoms with Gasteiger partial charge in [-0.3, -0.25) is 14.5 Å². The molecule has 0 spiro atoms. The van der Waals surface area contributed by atoms with E-state index in [1.807, 2.05) is 13.8 Å². The summed E-state index contributed by atoms with van der Waals surface area (Å²) >= 11 is 0.925. The van der Waals surface area contributed by atoms with Gasteiger partial charge in [0.25, 0.3) is 11.1 Å². The highest BCUT2D eigenvalue weighted by Gasteiger charge is 2.37. The number of imide groups is 1. The summed E-state index contributed by atoms with van der Waals surface area (Å²) in [7, 11) is 4.60. The van der Waals surface area contributed by atoms with Gasteiger partial charge in [-0.2, -0.15) is 0 Å². The lowest BCUT2D eigenvalue weighted by molar-refractivity contribution is -0.124. The Bertz CT molecular complexity index is 661. The van der Waals surface area contributed by atoms with Crippen molar-refractivity contribution in [3.63, 3.8) is 0 Å². The van der Waals surface area contributed by atoms with Crippen molar-refractivity contribution in [1.29, 1.82) is 0 Å². The van der Waals surface area contributed by atoms with Crippen molar-refractivity contribution >= 4 is 29.0 Å². The fraction of sp³-hybridized carbons (Fsp3) is 0.412. The molecule has 2 rings (SSSR count). The van der Waals surface area contributed by atoms with Gasteiger partial charge in [0.15, 0.2) is 0 Å². The Labute approximate surface area is 145 Å². The van der Waals surface area contributed by atoms with Crippen LogP contribution in [0.5, 0.6) is 17.2 Å². The number of ether oxygens (including phenoxy) is 3. The molecule has 130 valence electrons. The van der Waals surface area contributed by atoms with Gasteiger partial charge in [0.05, 0.1) is 31.8 Å². The van der Waals surface area contributed by atoms with Crippen LogP contribution in [0.3, 0.4) is 0 Å². The van der Waals surface area contributed by atoms with E-state index in [9.17, 15) is 9.59 Å². The Morgan fingerprint density at radius 1 is 1.12 bits per heavy atom. The van der Waals surface area contributed by atoms with Crippen LogP contribution in [0.1, 0.15) is 25.8 Å². The van der Waals surface area contributed by atoms with Crippen molar-refractivity contribution in [2.75, 3.05) is 21.3 Å². The zero-order valence-corrected chi connectivity index (χ0v) is 15.2. The molecular formula is C17H21NO5S. The third-order valence-electron chi connectivity index (χ3n) is 3.88. The second-order valence-corrected chi connectivity index (χ2v) is 6.25. The molecule has 0 saturated carbocycles. The summed E-state index contributed by atoms with van der Waals surface area (Å²) in [5.41, 5.74) is 0.593. The second kappa shape index (κ2) is 7.61. The Kier molecular flexibility index (Phi) is 5.77. The van der Waals surface area contributed by atoms with Gasteiger partial charge in [-0.15, -0.1) is 0 Å². The molecular weight excluding hydrogens is 330 g/mol. The first kappa shape index (κ1) is 18.2. The van der Waals surface area contributed by atoms with Crippen LogP contribution in [0.4, 0.5) is 4.79 Å². The van der Waals surface area contributed by atoms with E-state index in [-0.39, 0.29) is 17.2 Å². The zero-order chi connectivity index (χ0) is 17.9. The molecule has 1 heterocycles. The molecule has 2 amide bonds. The number of amides is 2. The predicted molar refractivity (Wildman–Crippen MR) is 93.7 cm³/mol. The Balaban J connectivity index is 2.48. The summed E-state index contributed by atoms with van der Waals surface area (Å²) in [6.07, 6.45) is 2.34. The monoisotopic (exact) mass is 351 g/mol. The normalized spacial score (nSPS) is 17.4. The van der Waals surface area contributed by atoms with Gasteiger partial charge in [0.1, 0.15) is 17.2 Å². The summed E-state index contributed by atoms with van der Waals surface area (Å²) < 4.78 is 16.0. The number of rotatable bonds is 6. The topological polar surface area (TPSA) is 65.1 Å². The first-order chi connectivity index (χ1) is 11.5.